The van der Waals surface area contributed by atoms with Crippen LogP contribution in [0.4, 0.5) is 0 Å². The van der Waals surface area contributed by atoms with Crippen molar-refractivity contribution in [1.82, 2.24) is 5.06 Å². The highest BCUT2D eigenvalue weighted by molar-refractivity contribution is 6.25. The third-order valence-electron chi connectivity index (χ3n) is 3.52. The largest absolute Gasteiger partial charge is 0.285 e. The van der Waals surface area contributed by atoms with E-state index in [1.807, 2.05) is 18.2 Å². The molecule has 4 heteroatoms. The number of hydrogen-bond donors (Lipinski definition) is 0. The fourth-order valence-electron chi connectivity index (χ4n) is 2.61. The van der Waals surface area contributed by atoms with Crippen molar-refractivity contribution >= 4 is 22.6 Å². The molecule has 0 fully saturated rings. The van der Waals surface area contributed by atoms with Gasteiger partial charge in [0.2, 0.25) is 0 Å². The van der Waals surface area contributed by atoms with Gasteiger partial charge < -0.3 is 0 Å². The predicted octanol–water partition coefficient (Wildman–Crippen LogP) is 2.56. The number of hydrogen-bond acceptors (Lipinski definition) is 3. The van der Waals surface area contributed by atoms with Gasteiger partial charge in [0.1, 0.15) is 0 Å². The molecule has 3 rings (SSSR count). The Morgan fingerprint density at radius 2 is 1.74 bits per heavy atom. The van der Waals surface area contributed by atoms with Crippen LogP contribution in [-0.4, -0.2) is 24.0 Å². The summed E-state index contributed by atoms with van der Waals surface area (Å²) in [6.45, 7) is 2.05. The van der Waals surface area contributed by atoms with Crippen molar-refractivity contribution in [2.45, 2.75) is 13.3 Å². The third kappa shape index (κ3) is 1.50. The number of imide groups is 1. The second kappa shape index (κ2) is 4.17. The second-order valence-corrected chi connectivity index (χ2v) is 4.44. The molecular formula is C15H13NO3. The first-order valence-electron chi connectivity index (χ1n) is 6.16. The summed E-state index contributed by atoms with van der Waals surface area (Å²) in [5.41, 5.74) is 2.17. The molecule has 1 aliphatic heterocycles. The second-order valence-electron chi connectivity index (χ2n) is 4.44. The van der Waals surface area contributed by atoms with Gasteiger partial charge in [0.15, 0.2) is 0 Å². The number of carbonyl (C=O) groups excluding carboxylic acids is 2. The van der Waals surface area contributed by atoms with Crippen molar-refractivity contribution in [2.24, 2.45) is 0 Å². The molecule has 0 spiro atoms. The number of carbonyl (C=O) groups is 2. The lowest BCUT2D eigenvalue weighted by molar-refractivity contribution is -0.0689. The van der Waals surface area contributed by atoms with E-state index < -0.39 is 11.8 Å². The van der Waals surface area contributed by atoms with Gasteiger partial charge in [-0.1, -0.05) is 25.1 Å². The first-order valence-corrected chi connectivity index (χ1v) is 6.16. The smallest absolute Gasteiger partial charge is 0.266 e. The molecule has 0 N–H and O–H groups in total. The zero-order valence-corrected chi connectivity index (χ0v) is 10.8. The van der Waals surface area contributed by atoms with Gasteiger partial charge in [0.05, 0.1) is 18.2 Å². The maximum Gasteiger partial charge on any atom is 0.285 e. The van der Waals surface area contributed by atoms with Crippen molar-refractivity contribution < 1.29 is 14.4 Å². The van der Waals surface area contributed by atoms with Crippen molar-refractivity contribution in [3.8, 4) is 0 Å². The van der Waals surface area contributed by atoms with E-state index in [4.69, 9.17) is 4.84 Å². The van der Waals surface area contributed by atoms with E-state index in [0.717, 1.165) is 27.8 Å². The van der Waals surface area contributed by atoms with E-state index in [-0.39, 0.29) is 0 Å². The van der Waals surface area contributed by atoms with Gasteiger partial charge in [-0.15, -0.1) is 5.06 Å². The Balaban J connectivity index is 2.42. The minimum absolute atomic E-state index is 0.404. The molecular weight excluding hydrogens is 242 g/mol. The molecule has 0 unspecified atom stereocenters. The number of amides is 2. The van der Waals surface area contributed by atoms with E-state index in [9.17, 15) is 9.59 Å². The Kier molecular flexibility index (Phi) is 2.61. The van der Waals surface area contributed by atoms with Gasteiger partial charge in [-0.2, -0.15) is 0 Å². The van der Waals surface area contributed by atoms with Crippen LogP contribution in [0.3, 0.4) is 0 Å². The van der Waals surface area contributed by atoms with Crippen molar-refractivity contribution in [3.63, 3.8) is 0 Å². The topological polar surface area (TPSA) is 46.6 Å². The molecule has 19 heavy (non-hydrogen) atoms. The van der Waals surface area contributed by atoms with Gasteiger partial charge in [-0.3, -0.25) is 14.4 Å². The van der Waals surface area contributed by atoms with E-state index in [0.29, 0.717) is 11.1 Å². The summed E-state index contributed by atoms with van der Waals surface area (Å²) in [6.07, 6.45) is 0.858. The fourth-order valence-corrected chi connectivity index (χ4v) is 2.61. The van der Waals surface area contributed by atoms with Crippen LogP contribution in [0.2, 0.25) is 0 Å². The summed E-state index contributed by atoms with van der Waals surface area (Å²) in [7, 11) is 1.32. The SMILES string of the molecule is CCc1ccc2c3c(cccc13)C(=O)N(OC)C2=O. The number of aryl methyl sites for hydroxylation is 1. The number of benzene rings is 2. The van der Waals surface area contributed by atoms with Gasteiger partial charge in [0.25, 0.3) is 11.8 Å². The van der Waals surface area contributed by atoms with Crippen LogP contribution in [0.5, 0.6) is 0 Å². The Morgan fingerprint density at radius 1 is 1.05 bits per heavy atom. The van der Waals surface area contributed by atoms with Crippen LogP contribution in [0.15, 0.2) is 30.3 Å². The molecule has 0 saturated carbocycles. The van der Waals surface area contributed by atoms with Crippen LogP contribution in [0.25, 0.3) is 10.8 Å². The summed E-state index contributed by atoms with van der Waals surface area (Å²) in [5, 5.41) is 2.52. The number of hydroxylamine groups is 2. The molecule has 0 atom stereocenters. The molecule has 2 aromatic carbocycles. The quantitative estimate of drug-likeness (QED) is 0.775. The first kappa shape index (κ1) is 11.9. The minimum Gasteiger partial charge on any atom is -0.266 e. The zero-order chi connectivity index (χ0) is 13.6. The molecule has 0 saturated heterocycles. The lowest BCUT2D eigenvalue weighted by Gasteiger charge is -2.25. The molecule has 1 aliphatic rings. The molecule has 0 aromatic heterocycles. The van der Waals surface area contributed by atoms with Crippen LogP contribution in [0.1, 0.15) is 33.2 Å². The van der Waals surface area contributed by atoms with Crippen molar-refractivity contribution in [3.05, 3.63) is 47.0 Å². The Morgan fingerprint density at radius 3 is 2.37 bits per heavy atom. The molecule has 0 radical (unpaired) electrons. The summed E-state index contributed by atoms with van der Waals surface area (Å²) in [6, 6.07) is 9.22. The number of rotatable bonds is 2. The van der Waals surface area contributed by atoms with E-state index in [1.165, 1.54) is 7.11 Å². The van der Waals surface area contributed by atoms with Gasteiger partial charge in [0, 0.05) is 5.39 Å². The summed E-state index contributed by atoms with van der Waals surface area (Å²) < 4.78 is 0. The minimum atomic E-state index is -0.404. The highest BCUT2D eigenvalue weighted by Crippen LogP contribution is 2.32. The molecule has 1 heterocycles. The average Bonchev–Trinajstić information content (AvgIpc) is 2.44. The van der Waals surface area contributed by atoms with Crippen LogP contribution < -0.4 is 0 Å². The summed E-state index contributed by atoms with van der Waals surface area (Å²) >= 11 is 0. The monoisotopic (exact) mass is 255 g/mol. The van der Waals surface area contributed by atoms with Crippen LogP contribution in [0, 0.1) is 0 Å². The number of nitrogens with zero attached hydrogens (tertiary/aromatic N) is 1. The highest BCUT2D eigenvalue weighted by atomic mass is 16.7. The summed E-state index contributed by atoms with van der Waals surface area (Å²) in [4.78, 5) is 29.3. The Bertz CT molecular complexity index is 684. The standard InChI is InChI=1S/C15H13NO3/c1-3-9-7-8-12-13-10(9)5-4-6-11(13)14(17)16(19-2)15(12)18/h4-8H,3H2,1-2H3. The van der Waals surface area contributed by atoms with Gasteiger partial charge in [-0.25, -0.2) is 0 Å². The lowest BCUT2D eigenvalue weighted by Crippen LogP contribution is -2.39. The van der Waals surface area contributed by atoms with Crippen molar-refractivity contribution in [2.75, 3.05) is 7.11 Å². The fraction of sp³-hybridized carbons (Fsp3) is 0.200. The molecule has 2 aromatic rings. The summed E-state index contributed by atoms with van der Waals surface area (Å²) in [5.74, 6) is -0.808. The molecule has 0 aliphatic carbocycles. The van der Waals surface area contributed by atoms with Gasteiger partial charge in [-0.05, 0) is 29.5 Å². The Hall–Kier alpha value is -2.20. The lowest BCUT2D eigenvalue weighted by atomic mass is 9.91. The van der Waals surface area contributed by atoms with E-state index in [2.05, 4.69) is 6.92 Å². The Labute approximate surface area is 110 Å². The molecule has 2 amide bonds. The molecule has 96 valence electrons. The van der Waals surface area contributed by atoms with Crippen molar-refractivity contribution in [1.29, 1.82) is 0 Å². The first-order chi connectivity index (χ1) is 9.19. The highest BCUT2D eigenvalue weighted by Gasteiger charge is 2.33. The third-order valence-corrected chi connectivity index (χ3v) is 3.52. The normalized spacial score (nSPS) is 14.3. The van der Waals surface area contributed by atoms with Gasteiger partial charge >= 0.3 is 0 Å². The van der Waals surface area contributed by atoms with E-state index >= 15 is 0 Å². The predicted molar refractivity (Wildman–Crippen MR) is 70.8 cm³/mol. The zero-order valence-electron chi connectivity index (χ0n) is 10.8. The maximum atomic E-state index is 12.2. The maximum absolute atomic E-state index is 12.2. The molecule has 4 nitrogen and oxygen atoms in total. The van der Waals surface area contributed by atoms with Crippen LogP contribution >= 0.6 is 0 Å². The molecule has 0 bridgehead atoms. The van der Waals surface area contributed by atoms with Crippen LogP contribution in [-0.2, 0) is 11.3 Å². The van der Waals surface area contributed by atoms with E-state index in [1.54, 1.807) is 12.1 Å². The average molecular weight is 255 g/mol.